The molecule has 4 nitrogen and oxygen atoms in total. The summed E-state index contributed by atoms with van der Waals surface area (Å²) < 4.78 is 5.05. The van der Waals surface area contributed by atoms with Gasteiger partial charge in [-0.2, -0.15) is 0 Å². The van der Waals surface area contributed by atoms with Crippen LogP contribution in [0.4, 0.5) is 0 Å². The molecule has 0 aliphatic rings. The first-order valence-electron chi connectivity index (χ1n) is 7.02. The largest absolute Gasteiger partial charge is 0.472 e. The monoisotopic (exact) mass is 312 g/mol. The Hall–Kier alpha value is -2.40. The number of hydrogen-bond donors (Lipinski definition) is 0. The maximum Gasteiger partial charge on any atom is 0.257 e. The van der Waals surface area contributed by atoms with Crippen LogP contribution in [0.25, 0.3) is 0 Å². The Morgan fingerprint density at radius 3 is 2.77 bits per heavy atom. The Morgan fingerprint density at radius 1 is 1.32 bits per heavy atom. The second kappa shape index (κ2) is 6.58. The molecule has 0 fully saturated rings. The van der Waals surface area contributed by atoms with Gasteiger partial charge in [-0.3, -0.25) is 4.79 Å². The maximum atomic E-state index is 12.8. The lowest BCUT2D eigenvalue weighted by molar-refractivity contribution is 0.0673. The Balaban J connectivity index is 1.90. The van der Waals surface area contributed by atoms with Crippen molar-refractivity contribution in [3.63, 3.8) is 0 Å². The lowest BCUT2D eigenvalue weighted by Gasteiger charge is -2.28. The smallest absolute Gasteiger partial charge is 0.257 e. The summed E-state index contributed by atoms with van der Waals surface area (Å²) in [6.07, 6.45) is 4.75. The van der Waals surface area contributed by atoms with Crippen LogP contribution in [0.1, 0.15) is 33.9 Å². The molecule has 3 aromatic rings. The van der Waals surface area contributed by atoms with E-state index in [4.69, 9.17) is 4.42 Å². The van der Waals surface area contributed by atoms with E-state index in [0.717, 1.165) is 10.6 Å². The molecular formula is C17H16N2O2S. The third-order valence-corrected chi connectivity index (χ3v) is 4.33. The second-order valence-corrected chi connectivity index (χ2v) is 5.94. The minimum absolute atomic E-state index is 0.0486. The topological polar surface area (TPSA) is 46.3 Å². The molecule has 1 amide bonds. The molecule has 0 bridgehead atoms. The van der Waals surface area contributed by atoms with Crippen LogP contribution in [-0.4, -0.2) is 15.8 Å². The van der Waals surface area contributed by atoms with Gasteiger partial charge in [0.15, 0.2) is 0 Å². The first-order chi connectivity index (χ1) is 10.8. The van der Waals surface area contributed by atoms with E-state index in [0.29, 0.717) is 12.1 Å². The van der Waals surface area contributed by atoms with Crippen molar-refractivity contribution in [2.75, 3.05) is 0 Å². The van der Waals surface area contributed by atoms with Crippen LogP contribution < -0.4 is 0 Å². The van der Waals surface area contributed by atoms with E-state index in [-0.39, 0.29) is 11.9 Å². The molecule has 2 aromatic heterocycles. The molecule has 1 aromatic carbocycles. The molecule has 1 atom stereocenters. The van der Waals surface area contributed by atoms with Gasteiger partial charge in [0.1, 0.15) is 11.3 Å². The molecule has 0 unspecified atom stereocenters. The highest BCUT2D eigenvalue weighted by Gasteiger charge is 2.24. The van der Waals surface area contributed by atoms with Gasteiger partial charge in [0.05, 0.1) is 24.4 Å². The van der Waals surface area contributed by atoms with Crippen molar-refractivity contribution < 1.29 is 9.21 Å². The van der Waals surface area contributed by atoms with Crippen molar-refractivity contribution >= 4 is 17.2 Å². The molecule has 0 saturated heterocycles. The number of thiazole rings is 1. The predicted octanol–water partition coefficient (Wildman–Crippen LogP) is 4.14. The zero-order chi connectivity index (χ0) is 15.4. The molecule has 0 radical (unpaired) electrons. The quantitative estimate of drug-likeness (QED) is 0.711. The average Bonchev–Trinajstić information content (AvgIpc) is 3.25. The van der Waals surface area contributed by atoms with Crippen molar-refractivity contribution in [2.24, 2.45) is 0 Å². The number of carbonyl (C=O) groups is 1. The highest BCUT2D eigenvalue weighted by molar-refractivity contribution is 7.09. The van der Waals surface area contributed by atoms with Gasteiger partial charge in [-0.25, -0.2) is 4.98 Å². The van der Waals surface area contributed by atoms with Crippen molar-refractivity contribution in [3.05, 3.63) is 76.6 Å². The van der Waals surface area contributed by atoms with Crippen LogP contribution in [0.2, 0.25) is 0 Å². The maximum absolute atomic E-state index is 12.8. The van der Waals surface area contributed by atoms with E-state index in [1.165, 1.54) is 12.5 Å². The standard InChI is InChI=1S/C17H16N2O2S/c1-13(14-5-3-2-4-6-14)19(11-16-18-8-10-22-16)17(20)15-7-9-21-12-15/h2-10,12-13H,11H2,1H3/t13-/m0/s1. The lowest BCUT2D eigenvalue weighted by Crippen LogP contribution is -2.33. The fourth-order valence-electron chi connectivity index (χ4n) is 2.32. The number of nitrogens with zero attached hydrogens (tertiary/aromatic N) is 2. The number of rotatable bonds is 5. The molecule has 2 heterocycles. The third kappa shape index (κ3) is 3.09. The van der Waals surface area contributed by atoms with E-state index in [2.05, 4.69) is 4.98 Å². The summed E-state index contributed by atoms with van der Waals surface area (Å²) in [6, 6.07) is 11.6. The van der Waals surface area contributed by atoms with Gasteiger partial charge >= 0.3 is 0 Å². The molecule has 0 spiro atoms. The molecule has 0 N–H and O–H groups in total. The normalized spacial score (nSPS) is 12.0. The molecule has 0 aliphatic heterocycles. The molecule has 0 saturated carbocycles. The van der Waals surface area contributed by atoms with Crippen LogP contribution in [0, 0.1) is 0 Å². The van der Waals surface area contributed by atoms with E-state index < -0.39 is 0 Å². The Labute approximate surface area is 133 Å². The number of carbonyl (C=O) groups excluding carboxylic acids is 1. The first kappa shape index (κ1) is 14.5. The zero-order valence-electron chi connectivity index (χ0n) is 12.2. The fraction of sp³-hybridized carbons (Fsp3) is 0.176. The number of amides is 1. The first-order valence-corrected chi connectivity index (χ1v) is 7.90. The van der Waals surface area contributed by atoms with Gasteiger partial charge in [-0.05, 0) is 18.6 Å². The van der Waals surface area contributed by atoms with Crippen LogP contribution in [0.15, 0.2) is 64.9 Å². The molecule has 5 heteroatoms. The van der Waals surface area contributed by atoms with Gasteiger partial charge in [-0.15, -0.1) is 11.3 Å². The van der Waals surface area contributed by atoms with Crippen molar-refractivity contribution in [3.8, 4) is 0 Å². The van der Waals surface area contributed by atoms with E-state index in [1.807, 2.05) is 47.5 Å². The summed E-state index contributed by atoms with van der Waals surface area (Å²) in [4.78, 5) is 18.9. The number of furan rings is 1. The highest BCUT2D eigenvalue weighted by Crippen LogP contribution is 2.25. The molecule has 22 heavy (non-hydrogen) atoms. The van der Waals surface area contributed by atoms with Crippen molar-refractivity contribution in [1.82, 2.24) is 9.88 Å². The van der Waals surface area contributed by atoms with Gasteiger partial charge in [0, 0.05) is 11.6 Å². The Kier molecular flexibility index (Phi) is 4.34. The summed E-state index contributed by atoms with van der Waals surface area (Å²) in [5.74, 6) is -0.0553. The van der Waals surface area contributed by atoms with Crippen LogP contribution in [0.5, 0.6) is 0 Å². The second-order valence-electron chi connectivity index (χ2n) is 4.96. The minimum atomic E-state index is -0.0553. The number of hydrogen-bond acceptors (Lipinski definition) is 4. The van der Waals surface area contributed by atoms with Crippen LogP contribution in [0.3, 0.4) is 0 Å². The summed E-state index contributed by atoms with van der Waals surface area (Å²) in [5, 5.41) is 2.84. The van der Waals surface area contributed by atoms with Gasteiger partial charge < -0.3 is 9.32 Å². The molecule has 3 rings (SSSR count). The van der Waals surface area contributed by atoms with E-state index in [1.54, 1.807) is 23.6 Å². The zero-order valence-corrected chi connectivity index (χ0v) is 13.0. The molecule has 112 valence electrons. The van der Waals surface area contributed by atoms with E-state index >= 15 is 0 Å². The summed E-state index contributed by atoms with van der Waals surface area (Å²) in [6.45, 7) is 2.51. The third-order valence-electron chi connectivity index (χ3n) is 3.57. The number of benzene rings is 1. The molecular weight excluding hydrogens is 296 g/mol. The summed E-state index contributed by atoms with van der Waals surface area (Å²) in [7, 11) is 0. The molecule has 0 aliphatic carbocycles. The number of aromatic nitrogens is 1. The summed E-state index contributed by atoms with van der Waals surface area (Å²) >= 11 is 1.55. The Bertz CT molecular complexity index is 708. The van der Waals surface area contributed by atoms with Gasteiger partial charge in [-0.1, -0.05) is 30.3 Å². The fourth-order valence-corrected chi connectivity index (χ4v) is 2.94. The van der Waals surface area contributed by atoms with Gasteiger partial charge in [0.2, 0.25) is 0 Å². The van der Waals surface area contributed by atoms with Gasteiger partial charge in [0.25, 0.3) is 5.91 Å². The Morgan fingerprint density at radius 2 is 2.14 bits per heavy atom. The predicted molar refractivity (Wildman–Crippen MR) is 85.6 cm³/mol. The van der Waals surface area contributed by atoms with Crippen molar-refractivity contribution in [1.29, 1.82) is 0 Å². The highest BCUT2D eigenvalue weighted by atomic mass is 32.1. The minimum Gasteiger partial charge on any atom is -0.472 e. The summed E-state index contributed by atoms with van der Waals surface area (Å²) in [5.41, 5.74) is 1.65. The average molecular weight is 312 g/mol. The van der Waals surface area contributed by atoms with Crippen LogP contribution in [-0.2, 0) is 6.54 Å². The van der Waals surface area contributed by atoms with Crippen molar-refractivity contribution in [2.45, 2.75) is 19.5 Å². The lowest BCUT2D eigenvalue weighted by atomic mass is 10.1. The van der Waals surface area contributed by atoms with Crippen LogP contribution >= 0.6 is 11.3 Å². The van der Waals surface area contributed by atoms with E-state index in [9.17, 15) is 4.79 Å². The SMILES string of the molecule is C[C@@H](c1ccccc1)N(Cc1nccs1)C(=O)c1ccoc1.